The van der Waals surface area contributed by atoms with Crippen LogP contribution in [0.25, 0.3) is 108 Å². The summed E-state index contributed by atoms with van der Waals surface area (Å²) < 4.78 is 0. The van der Waals surface area contributed by atoms with Crippen molar-refractivity contribution in [3.8, 4) is 0 Å². The van der Waals surface area contributed by atoms with E-state index in [1.54, 1.807) is 0 Å². The van der Waals surface area contributed by atoms with Crippen LogP contribution in [0.1, 0.15) is 0 Å². The summed E-state index contributed by atoms with van der Waals surface area (Å²) in [6, 6.07) is 46.9. The van der Waals surface area contributed by atoms with Crippen molar-refractivity contribution in [1.82, 2.24) is 0 Å². The summed E-state index contributed by atoms with van der Waals surface area (Å²) in [6.07, 6.45) is 0. The number of benzene rings is 10. The Morgan fingerprint density at radius 3 is 0.200 bits per heavy atom. The molecule has 0 aliphatic carbocycles. The molecule has 0 heteroatoms. The summed E-state index contributed by atoms with van der Waals surface area (Å²) in [6.45, 7) is 0. The van der Waals surface area contributed by atoms with Gasteiger partial charge in [0.1, 0.15) is 0 Å². The first-order valence-corrected chi connectivity index (χ1v) is 14.1. The molecule has 0 radical (unpaired) electrons. The highest BCUT2D eigenvalue weighted by Crippen LogP contribution is 2.43. The molecule has 0 N–H and O–H groups in total. The first kappa shape index (κ1) is 19.8. The van der Waals surface area contributed by atoms with Crippen LogP contribution in [0.5, 0.6) is 0 Å². The van der Waals surface area contributed by atoms with Gasteiger partial charge in [0.15, 0.2) is 0 Å². The lowest BCUT2D eigenvalue weighted by Crippen LogP contribution is -1.88. The zero-order valence-corrected chi connectivity index (χ0v) is 21.5. The smallest absolute Gasteiger partial charge is 0.00987 e. The Kier molecular flexibility index (Phi) is 3.22. The molecule has 0 aliphatic heterocycles. The van der Waals surface area contributed by atoms with Crippen LogP contribution in [0.2, 0.25) is 0 Å². The van der Waals surface area contributed by atoms with E-state index in [4.69, 9.17) is 0 Å². The highest BCUT2D eigenvalue weighted by atomic mass is 14.2. The Morgan fingerprint density at radius 2 is 0.150 bits per heavy atom. The van der Waals surface area contributed by atoms with Gasteiger partial charge in [0.05, 0.1) is 0 Å². The van der Waals surface area contributed by atoms with Gasteiger partial charge >= 0.3 is 0 Å². The Hall–Kier alpha value is -5.20. The molecule has 0 aliphatic rings. The van der Waals surface area contributed by atoms with E-state index >= 15 is 0 Å². The van der Waals surface area contributed by atoms with Gasteiger partial charge < -0.3 is 0 Å². The van der Waals surface area contributed by atoms with Crippen molar-refractivity contribution in [1.29, 1.82) is 0 Å². The van der Waals surface area contributed by atoms with Gasteiger partial charge in [-0.05, 0) is 108 Å². The first-order chi connectivity index (χ1) is 19.8. The van der Waals surface area contributed by atoms with Crippen LogP contribution in [0.15, 0.2) is 121 Å². The molecule has 40 heavy (non-hydrogen) atoms. The second-order valence-electron chi connectivity index (χ2n) is 11.6. The van der Waals surface area contributed by atoms with Crippen molar-refractivity contribution in [2.75, 3.05) is 0 Å². The van der Waals surface area contributed by atoms with Crippen LogP contribution in [0.3, 0.4) is 0 Å². The maximum atomic E-state index is 2.34. The summed E-state index contributed by atoms with van der Waals surface area (Å²) in [4.78, 5) is 0. The molecule has 0 atom stereocenters. The number of rotatable bonds is 0. The number of hydrogen-bond donors (Lipinski definition) is 0. The summed E-state index contributed by atoms with van der Waals surface area (Å²) in [5, 5.41) is 26.5. The van der Waals surface area contributed by atoms with Crippen molar-refractivity contribution >= 4 is 108 Å². The van der Waals surface area contributed by atoms with E-state index in [1.807, 2.05) is 0 Å². The van der Waals surface area contributed by atoms with Gasteiger partial charge in [-0.1, -0.05) is 121 Å². The van der Waals surface area contributed by atoms with Crippen molar-refractivity contribution in [2.24, 2.45) is 0 Å². The predicted octanol–water partition coefficient (Wildman–Crippen LogP) is 11.5. The average Bonchev–Trinajstić information content (AvgIpc) is 3.01. The van der Waals surface area contributed by atoms with Gasteiger partial charge in [-0.2, -0.15) is 0 Å². The fraction of sp³-hybridized carbons (Fsp3) is 0. The van der Waals surface area contributed by atoms with E-state index in [9.17, 15) is 0 Å². The second-order valence-corrected chi connectivity index (χ2v) is 11.6. The largest absolute Gasteiger partial charge is 0.0531 e. The maximum Gasteiger partial charge on any atom is -0.00987 e. The Balaban J connectivity index is 1.51. The lowest BCUT2D eigenvalue weighted by molar-refractivity contribution is 1.80. The molecule has 11 rings (SSSR count). The molecule has 0 unspecified atom stereocenters. The van der Waals surface area contributed by atoms with E-state index < -0.39 is 0 Å². The van der Waals surface area contributed by atoms with Gasteiger partial charge in [-0.25, -0.2) is 0 Å². The minimum absolute atomic E-state index is 1.32. The molecule has 180 valence electrons. The van der Waals surface area contributed by atoms with Gasteiger partial charge in [0.25, 0.3) is 0 Å². The molecule has 0 spiro atoms. The maximum absolute atomic E-state index is 2.34. The van der Waals surface area contributed by atoms with E-state index in [0.29, 0.717) is 0 Å². The average molecular weight is 501 g/mol. The molecular weight excluding hydrogens is 480 g/mol. The number of hydrogen-bond acceptors (Lipinski definition) is 0. The highest BCUT2D eigenvalue weighted by Gasteiger charge is 2.15. The quantitative estimate of drug-likeness (QED) is 0.182. The van der Waals surface area contributed by atoms with Crippen LogP contribution >= 0.6 is 0 Å². The topological polar surface area (TPSA) is 0 Å². The van der Waals surface area contributed by atoms with Crippen molar-refractivity contribution in [3.63, 3.8) is 0 Å². The van der Waals surface area contributed by atoms with E-state index in [-0.39, 0.29) is 0 Å². The monoisotopic (exact) mass is 500 g/mol. The molecule has 0 saturated heterocycles. The molecule has 0 nitrogen and oxygen atoms in total. The predicted molar refractivity (Wildman–Crippen MR) is 175 cm³/mol. The molecule has 20 bridgehead atoms. The molecule has 0 fully saturated rings. The molecule has 0 aromatic heterocycles. The molecular formula is C40H20. The zero-order valence-electron chi connectivity index (χ0n) is 21.5. The van der Waals surface area contributed by atoms with E-state index in [1.165, 1.54) is 108 Å². The van der Waals surface area contributed by atoms with Gasteiger partial charge in [-0.15, -0.1) is 0 Å². The summed E-state index contributed by atoms with van der Waals surface area (Å²) in [7, 11) is 0. The molecule has 0 heterocycles. The van der Waals surface area contributed by atoms with Gasteiger partial charge in [-0.3, -0.25) is 0 Å². The minimum Gasteiger partial charge on any atom is -0.0531 e. The second kappa shape index (κ2) is 6.50. The summed E-state index contributed by atoms with van der Waals surface area (Å²) >= 11 is 0. The lowest BCUT2D eigenvalue weighted by Gasteiger charge is -2.16. The summed E-state index contributed by atoms with van der Waals surface area (Å²) in [5.74, 6) is 0. The Morgan fingerprint density at radius 1 is 0.100 bits per heavy atom. The molecule has 11 aromatic carbocycles. The fourth-order valence-electron chi connectivity index (χ4n) is 8.16. The van der Waals surface area contributed by atoms with Crippen molar-refractivity contribution < 1.29 is 0 Å². The van der Waals surface area contributed by atoms with Crippen molar-refractivity contribution in [2.45, 2.75) is 0 Å². The summed E-state index contributed by atoms with van der Waals surface area (Å²) in [5.41, 5.74) is 0. The molecule has 0 amide bonds. The zero-order chi connectivity index (χ0) is 25.7. The third-order valence-corrected chi connectivity index (χ3v) is 9.97. The van der Waals surface area contributed by atoms with Crippen LogP contribution < -0.4 is 0 Å². The first-order valence-electron chi connectivity index (χ1n) is 14.1. The molecule has 11 aromatic rings. The van der Waals surface area contributed by atoms with Gasteiger partial charge in [0, 0.05) is 0 Å². The Bertz CT molecular complexity index is 1910. The van der Waals surface area contributed by atoms with Gasteiger partial charge in [0.2, 0.25) is 0 Å². The minimum atomic E-state index is 1.32. The van der Waals surface area contributed by atoms with E-state index in [0.717, 1.165) is 0 Å². The van der Waals surface area contributed by atoms with E-state index in [2.05, 4.69) is 121 Å². The molecule has 0 saturated carbocycles. The lowest BCUT2D eigenvalue weighted by atomic mass is 9.88. The fourth-order valence-corrected chi connectivity index (χ4v) is 8.16. The normalized spacial score (nSPS) is 13.0. The van der Waals surface area contributed by atoms with Crippen molar-refractivity contribution in [3.05, 3.63) is 121 Å². The standard InChI is InChI=1S/C40H20/c1-2-22-25-7-9-28-26(22)8-10-32-31(28)13-14-36-35(32)17-18-40-38-16-15-33-30-6-4-24-21(1)23(25)3-5-27(24)29(30)11-12-34(33)37(38)19-20-39(36)40/h1-20H. The SMILES string of the molecule is c1cc2c3ccc4c2ccc2c4ccc4c2ccc2c5ccc6c7ccc8c1c3ccc8c7ccc6c5ccc42. The van der Waals surface area contributed by atoms with Crippen LogP contribution in [-0.4, -0.2) is 0 Å². The highest BCUT2D eigenvalue weighted by molar-refractivity contribution is 6.32. The van der Waals surface area contributed by atoms with Crippen LogP contribution in [0, 0.1) is 0 Å². The van der Waals surface area contributed by atoms with Crippen LogP contribution in [0.4, 0.5) is 0 Å². The third-order valence-electron chi connectivity index (χ3n) is 9.97. The Labute approximate surface area is 228 Å². The van der Waals surface area contributed by atoms with Crippen LogP contribution in [-0.2, 0) is 0 Å². The third kappa shape index (κ3) is 2.13.